The van der Waals surface area contributed by atoms with E-state index in [1.54, 1.807) is 6.21 Å². The van der Waals surface area contributed by atoms with Crippen molar-refractivity contribution in [2.45, 2.75) is 13.0 Å². The Balaban J connectivity index is 1.12. The highest BCUT2D eigenvalue weighted by atomic mass is 35.5. The SMILES string of the molecule is O=C1[C@H]2[C@@H]3C=C[C@H]([C@H]4C[C@H]34)[C@@H]2C(=O)N1/N=C/c1ccc(OCc2ccc(Cl)cc2)cc1. The summed E-state index contributed by atoms with van der Waals surface area (Å²) in [4.78, 5) is 25.9. The summed E-state index contributed by atoms with van der Waals surface area (Å²) in [6, 6.07) is 14.9. The number of hydrogen-bond acceptors (Lipinski definition) is 4. The predicted octanol–water partition coefficient (Wildman–Crippen LogP) is 4.31. The molecule has 7 rings (SSSR count). The Bertz CT molecular complexity index is 1070. The number of ether oxygens (including phenoxy) is 1. The van der Waals surface area contributed by atoms with Gasteiger partial charge in [-0.15, -0.1) is 0 Å². The monoisotopic (exact) mass is 432 g/mol. The van der Waals surface area contributed by atoms with Gasteiger partial charge in [-0.2, -0.15) is 10.1 Å². The fourth-order valence-corrected chi connectivity index (χ4v) is 5.70. The number of amides is 2. The highest BCUT2D eigenvalue weighted by molar-refractivity contribution is 6.30. The van der Waals surface area contributed by atoms with E-state index in [0.29, 0.717) is 23.5 Å². The fourth-order valence-electron chi connectivity index (χ4n) is 5.58. The van der Waals surface area contributed by atoms with Gasteiger partial charge in [0.15, 0.2) is 0 Å². The van der Waals surface area contributed by atoms with Crippen LogP contribution in [0.15, 0.2) is 65.8 Å². The van der Waals surface area contributed by atoms with E-state index in [1.165, 1.54) is 0 Å². The van der Waals surface area contributed by atoms with Gasteiger partial charge in [-0.3, -0.25) is 9.59 Å². The van der Waals surface area contributed by atoms with Gasteiger partial charge in [-0.05, 0) is 77.6 Å². The van der Waals surface area contributed by atoms with E-state index in [9.17, 15) is 9.59 Å². The number of halogens is 1. The fraction of sp³-hybridized carbons (Fsp3) is 0.320. The molecule has 31 heavy (non-hydrogen) atoms. The van der Waals surface area contributed by atoms with Gasteiger partial charge in [0, 0.05) is 5.02 Å². The second kappa shape index (κ2) is 7.06. The summed E-state index contributed by atoms with van der Waals surface area (Å²) >= 11 is 5.90. The third-order valence-corrected chi connectivity index (χ3v) is 7.41. The summed E-state index contributed by atoms with van der Waals surface area (Å²) in [7, 11) is 0. The van der Waals surface area contributed by atoms with Crippen molar-refractivity contribution in [3.63, 3.8) is 0 Å². The van der Waals surface area contributed by atoms with Crippen LogP contribution in [0.2, 0.25) is 5.02 Å². The maximum Gasteiger partial charge on any atom is 0.254 e. The van der Waals surface area contributed by atoms with Gasteiger partial charge in [0.2, 0.25) is 0 Å². The first-order valence-corrected chi connectivity index (χ1v) is 11.1. The smallest absolute Gasteiger partial charge is 0.254 e. The number of allylic oxidation sites excluding steroid dienone is 2. The lowest BCUT2D eigenvalue weighted by Gasteiger charge is -2.37. The number of rotatable bonds is 5. The molecule has 0 N–H and O–H groups in total. The van der Waals surface area contributed by atoms with Crippen molar-refractivity contribution in [2.75, 3.05) is 0 Å². The van der Waals surface area contributed by atoms with Crippen LogP contribution in [-0.4, -0.2) is 23.0 Å². The number of imide groups is 1. The lowest BCUT2D eigenvalue weighted by molar-refractivity contribution is -0.140. The van der Waals surface area contributed by atoms with Crippen LogP contribution in [0.5, 0.6) is 5.75 Å². The molecule has 2 saturated carbocycles. The second-order valence-electron chi connectivity index (χ2n) is 8.87. The largest absolute Gasteiger partial charge is 0.489 e. The Morgan fingerprint density at radius 3 is 2.16 bits per heavy atom. The van der Waals surface area contributed by atoms with Gasteiger partial charge in [0.05, 0.1) is 18.1 Å². The van der Waals surface area contributed by atoms with Crippen LogP contribution in [0.1, 0.15) is 17.5 Å². The Kier molecular flexibility index (Phi) is 4.29. The average molecular weight is 433 g/mol. The third-order valence-electron chi connectivity index (χ3n) is 7.16. The quantitative estimate of drug-likeness (QED) is 0.402. The molecule has 0 radical (unpaired) electrons. The molecular weight excluding hydrogens is 412 g/mol. The van der Waals surface area contributed by atoms with Crippen molar-refractivity contribution in [3.8, 4) is 5.75 Å². The number of carbonyl (C=O) groups excluding carboxylic acids is 2. The number of hydrazone groups is 1. The first-order chi connectivity index (χ1) is 15.1. The molecule has 4 aliphatic carbocycles. The molecule has 2 aromatic carbocycles. The molecule has 0 aromatic heterocycles. The Labute approximate surface area is 185 Å². The number of hydrogen-bond donors (Lipinski definition) is 0. The standard InChI is InChI=1S/C25H21ClN2O3/c26-16-5-1-15(2-6-16)13-31-17-7-3-14(4-8-17)12-27-28-24(29)22-18-9-10-19(21-11-20(18)21)23(22)25(28)30/h1-10,12,18-23H,11,13H2/b27-12+/t18-,19-,20-,21-,22+,23+/m1/s1. The molecule has 2 amide bonds. The van der Waals surface area contributed by atoms with Crippen LogP contribution in [0.4, 0.5) is 0 Å². The van der Waals surface area contributed by atoms with Crippen molar-refractivity contribution in [2.24, 2.45) is 40.6 Å². The molecule has 1 saturated heterocycles. The first kappa shape index (κ1) is 18.8. The molecule has 2 bridgehead atoms. The van der Waals surface area contributed by atoms with Gasteiger partial charge in [0.1, 0.15) is 12.4 Å². The molecule has 5 nitrogen and oxygen atoms in total. The van der Waals surface area contributed by atoms with E-state index in [-0.39, 0.29) is 35.5 Å². The number of benzene rings is 2. The zero-order valence-corrected chi connectivity index (χ0v) is 17.5. The van der Waals surface area contributed by atoms with E-state index in [2.05, 4.69) is 17.3 Å². The Morgan fingerprint density at radius 2 is 1.55 bits per heavy atom. The molecule has 5 aliphatic rings. The van der Waals surface area contributed by atoms with Gasteiger partial charge >= 0.3 is 0 Å². The van der Waals surface area contributed by atoms with E-state index < -0.39 is 0 Å². The highest BCUT2D eigenvalue weighted by Crippen LogP contribution is 2.65. The molecule has 6 atom stereocenters. The normalized spacial score (nSPS) is 32.5. The molecule has 6 heteroatoms. The van der Waals surface area contributed by atoms with Crippen molar-refractivity contribution < 1.29 is 14.3 Å². The van der Waals surface area contributed by atoms with Crippen LogP contribution in [0, 0.1) is 35.5 Å². The van der Waals surface area contributed by atoms with Crippen molar-refractivity contribution in [1.29, 1.82) is 0 Å². The van der Waals surface area contributed by atoms with Gasteiger partial charge in [-0.1, -0.05) is 35.9 Å². The maximum absolute atomic E-state index is 12.9. The molecule has 1 aliphatic heterocycles. The van der Waals surface area contributed by atoms with Crippen LogP contribution in [0.3, 0.4) is 0 Å². The maximum atomic E-state index is 12.9. The summed E-state index contributed by atoms with van der Waals surface area (Å²) in [5, 5.41) is 6.08. The highest BCUT2D eigenvalue weighted by Gasteiger charge is 2.67. The van der Waals surface area contributed by atoms with E-state index in [4.69, 9.17) is 16.3 Å². The lowest BCUT2D eigenvalue weighted by Crippen LogP contribution is -2.40. The summed E-state index contributed by atoms with van der Waals surface area (Å²) in [5.74, 6) is 1.64. The van der Waals surface area contributed by atoms with Crippen LogP contribution in [0.25, 0.3) is 0 Å². The number of carbonyl (C=O) groups is 2. The molecule has 2 aromatic rings. The van der Waals surface area contributed by atoms with Crippen molar-refractivity contribution in [1.82, 2.24) is 5.01 Å². The van der Waals surface area contributed by atoms with Crippen LogP contribution >= 0.6 is 11.6 Å². The molecule has 3 fully saturated rings. The molecule has 1 heterocycles. The van der Waals surface area contributed by atoms with Crippen LogP contribution < -0.4 is 4.74 Å². The third kappa shape index (κ3) is 3.10. The second-order valence-corrected chi connectivity index (χ2v) is 9.31. The van der Waals surface area contributed by atoms with E-state index in [1.807, 2.05) is 48.5 Å². The van der Waals surface area contributed by atoms with Gasteiger partial charge in [0.25, 0.3) is 11.8 Å². The summed E-state index contributed by atoms with van der Waals surface area (Å²) in [6.45, 7) is 0.447. The summed E-state index contributed by atoms with van der Waals surface area (Å²) in [5.41, 5.74) is 1.84. The minimum absolute atomic E-state index is 0.140. The Morgan fingerprint density at radius 1 is 0.935 bits per heavy atom. The minimum atomic E-state index is -0.216. The minimum Gasteiger partial charge on any atom is -0.489 e. The van der Waals surface area contributed by atoms with Gasteiger partial charge < -0.3 is 4.74 Å². The van der Waals surface area contributed by atoms with E-state index in [0.717, 1.165) is 28.3 Å². The molecule has 0 unspecified atom stereocenters. The van der Waals surface area contributed by atoms with E-state index >= 15 is 0 Å². The average Bonchev–Trinajstić information content (AvgIpc) is 3.57. The predicted molar refractivity (Wildman–Crippen MR) is 116 cm³/mol. The molecule has 0 spiro atoms. The Hall–Kier alpha value is -2.92. The van der Waals surface area contributed by atoms with Crippen LogP contribution in [-0.2, 0) is 16.2 Å². The van der Waals surface area contributed by atoms with Gasteiger partial charge in [-0.25, -0.2) is 0 Å². The number of nitrogens with zero attached hydrogens (tertiary/aromatic N) is 2. The summed E-state index contributed by atoms with van der Waals surface area (Å²) < 4.78 is 5.79. The zero-order chi connectivity index (χ0) is 21.1. The topological polar surface area (TPSA) is 59.0 Å². The molecular formula is C25H21ClN2O3. The first-order valence-electron chi connectivity index (χ1n) is 10.7. The molecule has 156 valence electrons. The van der Waals surface area contributed by atoms with Crippen molar-refractivity contribution >= 4 is 29.6 Å². The van der Waals surface area contributed by atoms with Crippen molar-refractivity contribution in [3.05, 3.63) is 76.8 Å². The zero-order valence-electron chi connectivity index (χ0n) is 16.7. The lowest BCUT2D eigenvalue weighted by atomic mass is 9.63. The summed E-state index contributed by atoms with van der Waals surface area (Å²) in [6.07, 6.45) is 7.07.